The zero-order valence-corrected chi connectivity index (χ0v) is 10.1. The molecule has 1 unspecified atom stereocenters. The smallest absolute Gasteiger partial charge is 0.289 e. The number of hydrogen-bond acceptors (Lipinski definition) is 5. The number of aromatic nitrogens is 1. The number of aliphatic hydroxyl groups is 1. The van der Waals surface area contributed by atoms with Crippen molar-refractivity contribution in [3.05, 3.63) is 27.4 Å². The Morgan fingerprint density at radius 3 is 2.94 bits per heavy atom. The summed E-state index contributed by atoms with van der Waals surface area (Å²) in [7, 11) is 0. The minimum Gasteiger partial charge on any atom is -0.396 e. The van der Waals surface area contributed by atoms with Gasteiger partial charge in [-0.1, -0.05) is 11.6 Å². The molecule has 0 amide bonds. The predicted molar refractivity (Wildman–Crippen MR) is 65.3 cm³/mol. The van der Waals surface area contributed by atoms with Crippen LogP contribution in [0.3, 0.4) is 0 Å². The number of aliphatic hydroxyl groups excluding tert-OH is 1. The fourth-order valence-corrected chi connectivity index (χ4v) is 1.55. The van der Waals surface area contributed by atoms with E-state index in [1.54, 1.807) is 0 Å². The first-order valence-corrected chi connectivity index (χ1v) is 5.59. The Bertz CT molecular complexity index is 400. The lowest BCUT2D eigenvalue weighted by molar-refractivity contribution is -0.385. The molecule has 94 valence electrons. The molecule has 1 aromatic rings. The molecule has 7 heteroatoms. The molecule has 0 aliphatic rings. The normalized spacial score (nSPS) is 12.2. The van der Waals surface area contributed by atoms with Crippen molar-refractivity contribution in [3.8, 4) is 0 Å². The molecule has 2 N–H and O–H groups in total. The Labute approximate surface area is 104 Å². The highest BCUT2D eigenvalue weighted by Crippen LogP contribution is 2.24. The molecule has 17 heavy (non-hydrogen) atoms. The van der Waals surface area contributed by atoms with Crippen molar-refractivity contribution in [3.63, 3.8) is 0 Å². The topological polar surface area (TPSA) is 88.3 Å². The number of nitrogens with zero attached hydrogens (tertiary/aromatic N) is 2. The lowest BCUT2D eigenvalue weighted by Gasteiger charge is -2.14. The van der Waals surface area contributed by atoms with Gasteiger partial charge in [-0.3, -0.25) is 10.1 Å². The van der Waals surface area contributed by atoms with E-state index in [9.17, 15) is 10.1 Å². The maximum absolute atomic E-state index is 10.5. The van der Waals surface area contributed by atoms with Gasteiger partial charge in [0.25, 0.3) is 5.69 Å². The molecular weight excluding hydrogens is 246 g/mol. The average molecular weight is 260 g/mol. The molecule has 0 aliphatic carbocycles. The molecule has 0 aliphatic heterocycles. The van der Waals surface area contributed by atoms with Crippen LogP contribution in [-0.4, -0.2) is 27.7 Å². The molecule has 0 bridgehead atoms. The van der Waals surface area contributed by atoms with E-state index in [0.717, 1.165) is 12.6 Å². The standard InChI is InChI=1S/C10H14ClN3O3/c1-7(3-2-4-15)13-10-9(11)5-8(6-12-10)14(16)17/h5-7,15H,2-4H2,1H3,(H,12,13). The van der Waals surface area contributed by atoms with Crippen molar-refractivity contribution in [1.82, 2.24) is 4.98 Å². The minimum absolute atomic E-state index is 0.0913. The van der Waals surface area contributed by atoms with Crippen LogP contribution in [0.4, 0.5) is 11.5 Å². The lowest BCUT2D eigenvalue weighted by atomic mass is 10.2. The number of nitro groups is 1. The Balaban J connectivity index is 2.69. The van der Waals surface area contributed by atoms with E-state index >= 15 is 0 Å². The predicted octanol–water partition coefficient (Wildman–Crippen LogP) is 2.22. The molecular formula is C10H14ClN3O3. The van der Waals surface area contributed by atoms with Gasteiger partial charge in [-0.05, 0) is 19.8 Å². The van der Waals surface area contributed by atoms with Crippen molar-refractivity contribution in [2.75, 3.05) is 11.9 Å². The van der Waals surface area contributed by atoms with E-state index in [-0.39, 0.29) is 23.4 Å². The summed E-state index contributed by atoms with van der Waals surface area (Å²) in [6, 6.07) is 1.35. The lowest BCUT2D eigenvalue weighted by Crippen LogP contribution is -2.16. The molecule has 0 saturated heterocycles. The minimum atomic E-state index is -0.544. The van der Waals surface area contributed by atoms with Crippen LogP contribution in [0.2, 0.25) is 5.02 Å². The van der Waals surface area contributed by atoms with Crippen molar-refractivity contribution < 1.29 is 10.0 Å². The van der Waals surface area contributed by atoms with Gasteiger partial charge in [-0.2, -0.15) is 0 Å². The van der Waals surface area contributed by atoms with Gasteiger partial charge in [-0.15, -0.1) is 0 Å². The zero-order chi connectivity index (χ0) is 12.8. The molecule has 1 heterocycles. The number of hydrogen-bond donors (Lipinski definition) is 2. The quantitative estimate of drug-likeness (QED) is 0.604. The maximum Gasteiger partial charge on any atom is 0.289 e. The largest absolute Gasteiger partial charge is 0.396 e. The van der Waals surface area contributed by atoms with E-state index in [4.69, 9.17) is 16.7 Å². The van der Waals surface area contributed by atoms with Gasteiger partial charge in [0.1, 0.15) is 12.0 Å². The first kappa shape index (κ1) is 13.7. The summed E-state index contributed by atoms with van der Waals surface area (Å²) in [6.07, 6.45) is 2.61. The summed E-state index contributed by atoms with van der Waals surface area (Å²) < 4.78 is 0. The Kier molecular flexibility index (Phi) is 5.11. The summed E-state index contributed by atoms with van der Waals surface area (Å²) in [6.45, 7) is 2.06. The Morgan fingerprint density at radius 1 is 1.71 bits per heavy atom. The summed E-state index contributed by atoms with van der Waals surface area (Å²) in [5, 5.41) is 22.4. The van der Waals surface area contributed by atoms with Crippen LogP contribution in [0, 0.1) is 10.1 Å². The van der Waals surface area contributed by atoms with E-state index in [1.807, 2.05) is 6.92 Å². The summed E-state index contributed by atoms with van der Waals surface area (Å²) >= 11 is 5.87. The van der Waals surface area contributed by atoms with Crippen molar-refractivity contribution in [2.45, 2.75) is 25.8 Å². The molecule has 0 spiro atoms. The van der Waals surface area contributed by atoms with E-state index < -0.39 is 4.92 Å². The van der Waals surface area contributed by atoms with Crippen molar-refractivity contribution >= 4 is 23.1 Å². The SMILES string of the molecule is CC(CCCO)Nc1ncc([N+](=O)[O-])cc1Cl. The monoisotopic (exact) mass is 259 g/mol. The third-order valence-electron chi connectivity index (χ3n) is 2.22. The second kappa shape index (κ2) is 6.36. The highest BCUT2D eigenvalue weighted by atomic mass is 35.5. The number of anilines is 1. The van der Waals surface area contributed by atoms with Gasteiger partial charge in [0.2, 0.25) is 0 Å². The summed E-state index contributed by atoms with van der Waals surface area (Å²) in [4.78, 5) is 13.8. The first-order valence-electron chi connectivity index (χ1n) is 5.22. The second-order valence-corrected chi connectivity index (χ2v) is 4.10. The number of pyridine rings is 1. The van der Waals surface area contributed by atoms with Gasteiger partial charge in [0.15, 0.2) is 0 Å². The van der Waals surface area contributed by atoms with Gasteiger partial charge in [0.05, 0.1) is 9.95 Å². The molecule has 1 rings (SSSR count). The molecule has 1 aromatic heterocycles. The second-order valence-electron chi connectivity index (χ2n) is 3.69. The van der Waals surface area contributed by atoms with Gasteiger partial charge >= 0.3 is 0 Å². The van der Waals surface area contributed by atoms with Gasteiger partial charge in [-0.25, -0.2) is 4.98 Å². The molecule has 0 fully saturated rings. The van der Waals surface area contributed by atoms with Crippen LogP contribution >= 0.6 is 11.6 Å². The summed E-state index contributed by atoms with van der Waals surface area (Å²) in [5.74, 6) is 0.419. The van der Waals surface area contributed by atoms with Gasteiger partial charge in [0, 0.05) is 18.7 Å². The maximum atomic E-state index is 10.5. The van der Waals surface area contributed by atoms with Crippen LogP contribution in [-0.2, 0) is 0 Å². The Morgan fingerprint density at radius 2 is 2.41 bits per heavy atom. The average Bonchev–Trinajstić information content (AvgIpc) is 2.28. The van der Waals surface area contributed by atoms with E-state index in [2.05, 4.69) is 10.3 Å². The molecule has 0 aromatic carbocycles. The van der Waals surface area contributed by atoms with Crippen LogP contribution < -0.4 is 5.32 Å². The number of halogens is 1. The molecule has 0 saturated carbocycles. The van der Waals surface area contributed by atoms with E-state index in [0.29, 0.717) is 12.2 Å². The van der Waals surface area contributed by atoms with Gasteiger partial charge < -0.3 is 10.4 Å². The van der Waals surface area contributed by atoms with Crippen LogP contribution in [0.15, 0.2) is 12.3 Å². The third-order valence-corrected chi connectivity index (χ3v) is 2.50. The fourth-order valence-electron chi connectivity index (χ4n) is 1.34. The highest BCUT2D eigenvalue weighted by molar-refractivity contribution is 6.33. The van der Waals surface area contributed by atoms with Crippen molar-refractivity contribution in [2.24, 2.45) is 0 Å². The molecule has 0 radical (unpaired) electrons. The van der Waals surface area contributed by atoms with Crippen LogP contribution in [0.5, 0.6) is 0 Å². The first-order chi connectivity index (χ1) is 8.04. The fraction of sp³-hybridized carbons (Fsp3) is 0.500. The Hall–Kier alpha value is -1.40. The molecule has 1 atom stereocenters. The van der Waals surface area contributed by atoms with E-state index in [1.165, 1.54) is 6.07 Å². The van der Waals surface area contributed by atoms with Crippen LogP contribution in [0.25, 0.3) is 0 Å². The summed E-state index contributed by atoms with van der Waals surface area (Å²) in [5.41, 5.74) is -0.136. The highest BCUT2D eigenvalue weighted by Gasteiger charge is 2.12. The number of nitrogens with one attached hydrogen (secondary N) is 1. The third kappa shape index (κ3) is 4.16. The number of rotatable bonds is 6. The zero-order valence-electron chi connectivity index (χ0n) is 9.39. The molecule has 6 nitrogen and oxygen atoms in total. The van der Waals surface area contributed by atoms with Crippen molar-refractivity contribution in [1.29, 1.82) is 0 Å². The van der Waals surface area contributed by atoms with Crippen LogP contribution in [0.1, 0.15) is 19.8 Å².